The number of methoxy groups -OCH3 is 1. The highest BCUT2D eigenvalue weighted by Crippen LogP contribution is 2.26. The van der Waals surface area contributed by atoms with Crippen molar-refractivity contribution in [2.75, 3.05) is 7.11 Å². The minimum atomic E-state index is -0.102. The van der Waals surface area contributed by atoms with Crippen LogP contribution in [0.15, 0.2) is 65.3 Å². The maximum atomic E-state index is 9.12. The van der Waals surface area contributed by atoms with E-state index < -0.39 is 0 Å². The number of benzene rings is 1. The molecule has 24 heavy (non-hydrogen) atoms. The number of pyridine rings is 1. The number of nitrogens with zero attached hydrogens (tertiary/aromatic N) is 2. The molecule has 0 radical (unpaired) electrons. The predicted octanol–water partition coefficient (Wildman–Crippen LogP) is 3.76. The first-order chi connectivity index (χ1) is 11.8. The molecule has 120 valence electrons. The lowest BCUT2D eigenvalue weighted by atomic mass is 10.2. The quantitative estimate of drug-likeness (QED) is 0.622. The fourth-order valence-electron chi connectivity index (χ4n) is 2.66. The van der Waals surface area contributed by atoms with Crippen LogP contribution in [0.25, 0.3) is 28.2 Å². The monoisotopic (exact) mass is 320 g/mol. The maximum Gasteiger partial charge on any atom is 0.137 e. The average molecular weight is 320 g/mol. The lowest BCUT2D eigenvalue weighted by Gasteiger charge is -2.00. The molecular weight excluding hydrogens is 304 g/mol. The topological polar surface area (TPSA) is 59.9 Å². The Bertz CT molecular complexity index is 983. The van der Waals surface area contributed by atoms with Crippen molar-refractivity contribution in [2.45, 2.75) is 6.61 Å². The number of aromatic nitrogens is 2. The van der Waals surface area contributed by atoms with Crippen LogP contribution in [0.2, 0.25) is 0 Å². The number of furan rings is 1. The van der Waals surface area contributed by atoms with Crippen LogP contribution < -0.4 is 4.74 Å². The van der Waals surface area contributed by atoms with Gasteiger partial charge in [0.05, 0.1) is 12.8 Å². The minimum absolute atomic E-state index is 0.102. The Morgan fingerprint density at radius 3 is 2.50 bits per heavy atom. The number of aliphatic hydroxyl groups excluding tert-OH is 1. The number of hydrogen-bond acceptors (Lipinski definition) is 4. The van der Waals surface area contributed by atoms with Gasteiger partial charge in [0.25, 0.3) is 0 Å². The molecule has 0 fully saturated rings. The molecule has 3 heterocycles. The zero-order valence-corrected chi connectivity index (χ0v) is 13.1. The molecule has 4 aromatic rings. The maximum absolute atomic E-state index is 9.12. The van der Waals surface area contributed by atoms with Crippen molar-refractivity contribution in [3.05, 3.63) is 66.7 Å². The molecule has 5 heteroatoms. The Morgan fingerprint density at radius 1 is 1.00 bits per heavy atom. The molecule has 0 saturated carbocycles. The van der Waals surface area contributed by atoms with Gasteiger partial charge in [0, 0.05) is 23.5 Å². The van der Waals surface area contributed by atoms with E-state index in [1.54, 1.807) is 13.2 Å². The minimum Gasteiger partial charge on any atom is -0.497 e. The van der Waals surface area contributed by atoms with Crippen molar-refractivity contribution in [1.82, 2.24) is 9.38 Å². The molecule has 0 aliphatic carbocycles. The summed E-state index contributed by atoms with van der Waals surface area (Å²) in [4.78, 5) is 4.65. The summed E-state index contributed by atoms with van der Waals surface area (Å²) in [6.07, 6.45) is 3.95. The van der Waals surface area contributed by atoms with Crippen LogP contribution in [-0.2, 0) is 6.61 Å². The number of ether oxygens (including phenoxy) is 1. The highest BCUT2D eigenvalue weighted by atomic mass is 16.5. The van der Waals surface area contributed by atoms with Crippen molar-refractivity contribution < 1.29 is 14.3 Å². The summed E-state index contributed by atoms with van der Waals surface area (Å²) < 4.78 is 12.7. The second kappa shape index (κ2) is 5.86. The molecule has 3 aromatic heterocycles. The highest BCUT2D eigenvalue weighted by Gasteiger charge is 2.08. The molecule has 0 atom stereocenters. The first-order valence-electron chi connectivity index (χ1n) is 7.60. The molecule has 1 aromatic carbocycles. The number of imidazole rings is 1. The SMILES string of the molecule is COc1ccc(-c2cn3cc(-c4ccc(CO)o4)ccc3n2)cc1. The van der Waals surface area contributed by atoms with Gasteiger partial charge in [0.15, 0.2) is 0 Å². The number of fused-ring (bicyclic) bond motifs is 1. The second-order valence-electron chi connectivity index (χ2n) is 5.46. The summed E-state index contributed by atoms with van der Waals surface area (Å²) in [5.74, 6) is 2.10. The number of hydrogen-bond donors (Lipinski definition) is 1. The van der Waals surface area contributed by atoms with E-state index in [0.717, 1.165) is 34.0 Å². The molecule has 0 aliphatic rings. The van der Waals surface area contributed by atoms with E-state index >= 15 is 0 Å². The zero-order valence-electron chi connectivity index (χ0n) is 13.1. The third-order valence-corrected chi connectivity index (χ3v) is 3.94. The Hall–Kier alpha value is -3.05. The summed E-state index contributed by atoms with van der Waals surface area (Å²) in [7, 11) is 1.65. The summed E-state index contributed by atoms with van der Waals surface area (Å²) in [6.45, 7) is -0.102. The van der Waals surface area contributed by atoms with E-state index in [9.17, 15) is 0 Å². The lowest BCUT2D eigenvalue weighted by Crippen LogP contribution is -1.84. The standard InChI is InChI=1S/C19H16N2O3/c1-23-15-5-2-13(3-6-15)17-11-21-10-14(4-9-19(21)20-17)18-8-7-16(12-22)24-18/h2-11,22H,12H2,1H3. The zero-order chi connectivity index (χ0) is 16.5. The van der Waals surface area contributed by atoms with Crippen LogP contribution in [0.3, 0.4) is 0 Å². The summed E-state index contributed by atoms with van der Waals surface area (Å²) in [5.41, 5.74) is 3.71. The average Bonchev–Trinajstić information content (AvgIpc) is 3.27. The molecular formula is C19H16N2O3. The molecule has 0 spiro atoms. The Labute approximate surface area is 138 Å². The van der Waals surface area contributed by atoms with Gasteiger partial charge in [-0.25, -0.2) is 4.98 Å². The molecule has 0 aliphatic heterocycles. The Morgan fingerprint density at radius 2 is 1.79 bits per heavy atom. The number of aliphatic hydroxyl groups is 1. The van der Waals surface area contributed by atoms with Crippen LogP contribution >= 0.6 is 0 Å². The van der Waals surface area contributed by atoms with Crippen molar-refractivity contribution in [1.29, 1.82) is 0 Å². The Balaban J connectivity index is 1.72. The van der Waals surface area contributed by atoms with Crippen LogP contribution in [0.1, 0.15) is 5.76 Å². The smallest absolute Gasteiger partial charge is 0.137 e. The van der Waals surface area contributed by atoms with Gasteiger partial charge in [-0.05, 0) is 48.5 Å². The first kappa shape index (κ1) is 14.5. The van der Waals surface area contributed by atoms with Gasteiger partial charge in [-0.15, -0.1) is 0 Å². The summed E-state index contributed by atoms with van der Waals surface area (Å²) >= 11 is 0. The van der Waals surface area contributed by atoms with Crippen LogP contribution in [0.4, 0.5) is 0 Å². The highest BCUT2D eigenvalue weighted by molar-refractivity contribution is 5.66. The fourth-order valence-corrected chi connectivity index (χ4v) is 2.66. The van der Waals surface area contributed by atoms with Gasteiger partial charge in [0.2, 0.25) is 0 Å². The van der Waals surface area contributed by atoms with Crippen molar-refractivity contribution in [2.24, 2.45) is 0 Å². The largest absolute Gasteiger partial charge is 0.497 e. The van der Waals surface area contributed by atoms with Gasteiger partial charge < -0.3 is 18.7 Å². The van der Waals surface area contributed by atoms with Gasteiger partial charge >= 0.3 is 0 Å². The van der Waals surface area contributed by atoms with Gasteiger partial charge in [-0.1, -0.05) is 0 Å². The van der Waals surface area contributed by atoms with Crippen LogP contribution in [0.5, 0.6) is 5.75 Å². The summed E-state index contributed by atoms with van der Waals surface area (Å²) in [6, 6.07) is 15.4. The third-order valence-electron chi connectivity index (χ3n) is 3.94. The molecule has 0 unspecified atom stereocenters. The van der Waals surface area contributed by atoms with Crippen LogP contribution in [-0.4, -0.2) is 21.6 Å². The molecule has 5 nitrogen and oxygen atoms in total. The third kappa shape index (κ3) is 2.55. The second-order valence-corrected chi connectivity index (χ2v) is 5.46. The molecule has 1 N–H and O–H groups in total. The summed E-state index contributed by atoms with van der Waals surface area (Å²) in [5, 5.41) is 9.12. The fraction of sp³-hybridized carbons (Fsp3) is 0.105. The molecule has 0 amide bonds. The first-order valence-corrected chi connectivity index (χ1v) is 7.60. The Kier molecular flexibility index (Phi) is 3.55. The van der Waals surface area contributed by atoms with E-state index in [0.29, 0.717) is 5.76 Å². The lowest BCUT2D eigenvalue weighted by molar-refractivity contribution is 0.248. The van der Waals surface area contributed by atoms with Crippen LogP contribution in [0, 0.1) is 0 Å². The van der Waals surface area contributed by atoms with Gasteiger partial charge in [-0.3, -0.25) is 0 Å². The van der Waals surface area contributed by atoms with E-state index in [4.69, 9.17) is 14.3 Å². The van der Waals surface area contributed by atoms with Crippen molar-refractivity contribution >= 4 is 5.65 Å². The molecule has 0 bridgehead atoms. The van der Waals surface area contributed by atoms with E-state index in [2.05, 4.69) is 4.98 Å². The predicted molar refractivity (Wildman–Crippen MR) is 90.8 cm³/mol. The van der Waals surface area contributed by atoms with E-state index in [1.165, 1.54) is 0 Å². The number of rotatable bonds is 4. The normalized spacial score (nSPS) is 11.1. The van der Waals surface area contributed by atoms with Crippen molar-refractivity contribution in [3.8, 4) is 28.3 Å². The van der Waals surface area contributed by atoms with Gasteiger partial charge in [-0.2, -0.15) is 0 Å². The van der Waals surface area contributed by atoms with E-state index in [1.807, 2.05) is 59.3 Å². The molecule has 4 rings (SSSR count). The van der Waals surface area contributed by atoms with Crippen molar-refractivity contribution in [3.63, 3.8) is 0 Å². The van der Waals surface area contributed by atoms with E-state index in [-0.39, 0.29) is 6.61 Å². The van der Waals surface area contributed by atoms with Gasteiger partial charge in [0.1, 0.15) is 29.5 Å². The molecule has 0 saturated heterocycles.